The third-order valence-corrected chi connectivity index (χ3v) is 6.96. The standard InChI is InChI=1S/C28H23N3O7S/c1-36-19-14-13-18-21(24(19)37-2)27(35)38-23(18)22-25(33)30-28(31(26(22)34)17-11-7-4-8-12-17)39-15-20(32)29-16-9-5-3-6-10-16/h3-14,23,33H,15H2,1-2H3,(H,29,32). The zero-order chi connectivity index (χ0) is 27.5. The number of amides is 1. The van der Waals surface area contributed by atoms with Crippen LogP contribution in [0.4, 0.5) is 5.69 Å². The number of benzene rings is 3. The number of aromatic hydroxyl groups is 1. The van der Waals surface area contributed by atoms with Gasteiger partial charge in [-0.1, -0.05) is 54.2 Å². The van der Waals surface area contributed by atoms with E-state index in [1.807, 2.05) is 6.07 Å². The number of hydrogen-bond donors (Lipinski definition) is 2. The first-order valence-corrected chi connectivity index (χ1v) is 12.8. The van der Waals surface area contributed by atoms with Gasteiger partial charge in [0.1, 0.15) is 11.1 Å². The predicted octanol–water partition coefficient (Wildman–Crippen LogP) is 3.95. The van der Waals surface area contributed by atoms with Gasteiger partial charge in [0.2, 0.25) is 11.8 Å². The molecule has 2 heterocycles. The first kappa shape index (κ1) is 25.9. The van der Waals surface area contributed by atoms with Crippen LogP contribution < -0.4 is 20.3 Å². The average Bonchev–Trinajstić information content (AvgIpc) is 3.28. The van der Waals surface area contributed by atoms with Crippen LogP contribution >= 0.6 is 11.8 Å². The fourth-order valence-electron chi connectivity index (χ4n) is 4.30. The van der Waals surface area contributed by atoms with Crippen molar-refractivity contribution in [2.75, 3.05) is 25.3 Å². The normalized spacial score (nSPS) is 13.9. The number of carbonyl (C=O) groups is 2. The highest BCUT2D eigenvalue weighted by molar-refractivity contribution is 7.99. The third kappa shape index (κ3) is 4.91. The fourth-order valence-corrected chi connectivity index (χ4v) is 5.10. The zero-order valence-corrected chi connectivity index (χ0v) is 21.7. The van der Waals surface area contributed by atoms with Crippen LogP contribution in [0, 0.1) is 0 Å². The van der Waals surface area contributed by atoms with E-state index in [1.54, 1.807) is 66.7 Å². The monoisotopic (exact) mass is 545 g/mol. The Morgan fingerprint density at radius 1 is 1.03 bits per heavy atom. The predicted molar refractivity (Wildman–Crippen MR) is 144 cm³/mol. The number of fused-ring (bicyclic) bond motifs is 1. The number of carbonyl (C=O) groups excluding carboxylic acids is 2. The van der Waals surface area contributed by atoms with Gasteiger partial charge in [0.15, 0.2) is 22.8 Å². The molecule has 11 heteroatoms. The molecule has 0 fully saturated rings. The van der Waals surface area contributed by atoms with Crippen LogP contribution in [0.25, 0.3) is 5.69 Å². The van der Waals surface area contributed by atoms with Crippen LogP contribution in [0.3, 0.4) is 0 Å². The Morgan fingerprint density at radius 3 is 2.38 bits per heavy atom. The van der Waals surface area contributed by atoms with E-state index in [2.05, 4.69) is 10.3 Å². The molecule has 0 bridgehead atoms. The van der Waals surface area contributed by atoms with Crippen molar-refractivity contribution in [1.29, 1.82) is 0 Å². The van der Waals surface area contributed by atoms with Crippen LogP contribution in [0.15, 0.2) is 82.7 Å². The van der Waals surface area contributed by atoms with Gasteiger partial charge in [0.05, 0.1) is 25.7 Å². The maximum Gasteiger partial charge on any atom is 0.343 e. The molecule has 1 aromatic heterocycles. The quantitative estimate of drug-likeness (QED) is 0.192. The minimum absolute atomic E-state index is 0.0782. The maximum absolute atomic E-state index is 13.9. The molecule has 0 spiro atoms. The lowest BCUT2D eigenvalue weighted by atomic mass is 9.99. The number of ether oxygens (including phenoxy) is 3. The van der Waals surface area contributed by atoms with Gasteiger partial charge in [0, 0.05) is 11.3 Å². The van der Waals surface area contributed by atoms with Crippen molar-refractivity contribution in [3.63, 3.8) is 0 Å². The third-order valence-electron chi connectivity index (χ3n) is 6.02. The van der Waals surface area contributed by atoms with Crippen LogP contribution in [-0.2, 0) is 9.53 Å². The summed E-state index contributed by atoms with van der Waals surface area (Å²) in [5.41, 5.74) is 0.635. The summed E-state index contributed by atoms with van der Waals surface area (Å²) in [6.45, 7) is 0. The van der Waals surface area contributed by atoms with Gasteiger partial charge in [-0.25, -0.2) is 4.79 Å². The molecule has 39 heavy (non-hydrogen) atoms. The number of thioether (sulfide) groups is 1. The summed E-state index contributed by atoms with van der Waals surface area (Å²) in [5, 5.41) is 13.8. The Bertz CT molecular complexity index is 1610. The van der Waals surface area contributed by atoms with Crippen molar-refractivity contribution in [2.45, 2.75) is 11.3 Å². The Kier molecular flexibility index (Phi) is 7.24. The van der Waals surface area contributed by atoms with E-state index in [4.69, 9.17) is 14.2 Å². The summed E-state index contributed by atoms with van der Waals surface area (Å²) < 4.78 is 17.5. The van der Waals surface area contributed by atoms with Crippen molar-refractivity contribution < 1.29 is 28.9 Å². The number of rotatable bonds is 8. The summed E-state index contributed by atoms with van der Waals surface area (Å²) in [6, 6.07) is 20.8. The summed E-state index contributed by atoms with van der Waals surface area (Å²) >= 11 is 0.981. The minimum Gasteiger partial charge on any atom is -0.493 e. The molecule has 1 amide bonds. The van der Waals surface area contributed by atoms with Gasteiger partial charge in [-0.15, -0.1) is 0 Å². The Hall–Kier alpha value is -4.77. The van der Waals surface area contributed by atoms with Gasteiger partial charge in [0.25, 0.3) is 5.56 Å². The van der Waals surface area contributed by atoms with Gasteiger partial charge in [-0.05, 0) is 30.3 Å². The van der Waals surface area contributed by atoms with Crippen LogP contribution in [-0.4, -0.2) is 46.5 Å². The molecule has 1 aliphatic rings. The van der Waals surface area contributed by atoms with Crippen molar-refractivity contribution in [2.24, 2.45) is 0 Å². The summed E-state index contributed by atoms with van der Waals surface area (Å²) in [7, 11) is 2.83. The highest BCUT2D eigenvalue weighted by atomic mass is 32.2. The van der Waals surface area contributed by atoms with E-state index in [0.29, 0.717) is 22.7 Å². The van der Waals surface area contributed by atoms with E-state index >= 15 is 0 Å². The van der Waals surface area contributed by atoms with Crippen LogP contribution in [0.1, 0.15) is 27.6 Å². The summed E-state index contributed by atoms with van der Waals surface area (Å²) in [5.74, 6) is -1.26. The largest absolute Gasteiger partial charge is 0.493 e. The molecule has 0 saturated heterocycles. The summed E-state index contributed by atoms with van der Waals surface area (Å²) in [6.07, 6.45) is -1.23. The number of cyclic esters (lactones) is 1. The number of nitrogens with zero attached hydrogens (tertiary/aromatic N) is 2. The Morgan fingerprint density at radius 2 is 1.72 bits per heavy atom. The number of hydrogen-bond acceptors (Lipinski definition) is 9. The van der Waals surface area contributed by atoms with E-state index in [0.717, 1.165) is 11.8 Å². The van der Waals surface area contributed by atoms with Crippen LogP contribution in [0.2, 0.25) is 0 Å². The lowest BCUT2D eigenvalue weighted by Gasteiger charge is -2.17. The SMILES string of the molecule is COc1ccc2c(c1OC)C(=O)OC2c1c(O)nc(SCC(=O)Nc2ccccc2)n(-c2ccccc2)c1=O. The van der Waals surface area contributed by atoms with Crippen molar-refractivity contribution >= 4 is 29.3 Å². The van der Waals surface area contributed by atoms with Gasteiger partial charge in [-0.2, -0.15) is 4.98 Å². The van der Waals surface area contributed by atoms with E-state index in [1.165, 1.54) is 18.8 Å². The number of nitrogens with one attached hydrogen (secondary N) is 1. The maximum atomic E-state index is 13.9. The highest BCUT2D eigenvalue weighted by Gasteiger charge is 2.40. The van der Waals surface area contributed by atoms with Crippen molar-refractivity contribution in [1.82, 2.24) is 9.55 Å². The molecule has 3 aromatic carbocycles. The molecule has 0 saturated carbocycles. The van der Waals surface area contributed by atoms with Crippen LogP contribution in [0.5, 0.6) is 17.4 Å². The average molecular weight is 546 g/mol. The van der Waals surface area contributed by atoms with E-state index in [9.17, 15) is 19.5 Å². The molecule has 10 nitrogen and oxygen atoms in total. The Balaban J connectivity index is 1.56. The van der Waals surface area contributed by atoms with E-state index < -0.39 is 23.5 Å². The molecule has 0 radical (unpaired) electrons. The second-order valence-corrected chi connectivity index (χ2v) is 9.30. The number of esters is 1. The lowest BCUT2D eigenvalue weighted by Crippen LogP contribution is -2.28. The van der Waals surface area contributed by atoms with Crippen molar-refractivity contribution in [3.05, 3.63) is 99.8 Å². The molecule has 198 valence electrons. The second kappa shape index (κ2) is 10.9. The molecule has 1 atom stereocenters. The first-order valence-electron chi connectivity index (χ1n) is 11.8. The zero-order valence-electron chi connectivity index (χ0n) is 20.9. The lowest BCUT2D eigenvalue weighted by molar-refractivity contribution is -0.113. The van der Waals surface area contributed by atoms with Gasteiger partial charge >= 0.3 is 5.97 Å². The number of aromatic nitrogens is 2. The fraction of sp³-hybridized carbons (Fsp3) is 0.143. The molecule has 1 aliphatic heterocycles. The molecule has 0 aliphatic carbocycles. The molecule has 4 aromatic rings. The highest BCUT2D eigenvalue weighted by Crippen LogP contribution is 2.45. The molecular weight excluding hydrogens is 522 g/mol. The van der Waals surface area contributed by atoms with Gasteiger partial charge < -0.3 is 24.6 Å². The number of methoxy groups -OCH3 is 2. The minimum atomic E-state index is -1.23. The molecular formula is C28H23N3O7S. The molecule has 5 rings (SSSR count). The first-order chi connectivity index (χ1) is 18.9. The van der Waals surface area contributed by atoms with E-state index in [-0.39, 0.29) is 33.7 Å². The topological polar surface area (TPSA) is 129 Å². The number of para-hydroxylation sites is 2. The van der Waals surface area contributed by atoms with Gasteiger partial charge in [-0.3, -0.25) is 14.2 Å². The smallest absolute Gasteiger partial charge is 0.343 e. The summed E-state index contributed by atoms with van der Waals surface area (Å²) in [4.78, 5) is 43.6. The Labute approximate surface area is 227 Å². The number of anilines is 1. The van der Waals surface area contributed by atoms with Crippen molar-refractivity contribution in [3.8, 4) is 23.1 Å². The molecule has 1 unspecified atom stereocenters. The molecule has 2 N–H and O–H groups in total. The second-order valence-electron chi connectivity index (χ2n) is 8.36.